The summed E-state index contributed by atoms with van der Waals surface area (Å²) in [4.78, 5) is 62.1. The third kappa shape index (κ3) is 28.6. The molecule has 4 amide bonds. The molecule has 52 heavy (non-hydrogen) atoms. The van der Waals surface area contributed by atoms with Gasteiger partial charge in [0.25, 0.3) is 0 Å². The van der Waals surface area contributed by atoms with Crippen LogP contribution in [-0.2, 0) is 54.1 Å². The van der Waals surface area contributed by atoms with Gasteiger partial charge in [-0.1, -0.05) is 30.3 Å². The highest BCUT2D eigenvalue weighted by atomic mass is 16.6. The molecular formula is C35H59N5O12. The molecule has 0 aliphatic carbocycles. The first-order valence-corrected chi connectivity index (χ1v) is 17.3. The van der Waals surface area contributed by atoms with Crippen molar-refractivity contribution in [1.82, 2.24) is 26.2 Å². The normalized spacial score (nSPS) is 11.4. The smallest absolute Gasteiger partial charge is 0.407 e. The Bertz CT molecular complexity index is 1110. The molecule has 296 valence electrons. The van der Waals surface area contributed by atoms with E-state index in [4.69, 9.17) is 33.2 Å². The molecule has 1 rings (SSSR count). The number of rotatable bonds is 26. The van der Waals surface area contributed by atoms with Crippen LogP contribution in [-0.4, -0.2) is 145 Å². The summed E-state index contributed by atoms with van der Waals surface area (Å²) in [6.07, 6.45) is -1.05. The summed E-state index contributed by atoms with van der Waals surface area (Å²) in [5.74, 6) is -1.13. The van der Waals surface area contributed by atoms with Crippen molar-refractivity contribution in [2.45, 2.75) is 59.4 Å². The Kier molecular flexibility index (Phi) is 23.6. The number of carbonyl (C=O) groups excluding carboxylic acids is 5. The van der Waals surface area contributed by atoms with Gasteiger partial charge in [0.2, 0.25) is 11.8 Å². The van der Waals surface area contributed by atoms with Gasteiger partial charge in [-0.2, -0.15) is 0 Å². The summed E-state index contributed by atoms with van der Waals surface area (Å²) >= 11 is 0. The van der Waals surface area contributed by atoms with Crippen molar-refractivity contribution in [3.05, 3.63) is 35.9 Å². The van der Waals surface area contributed by atoms with E-state index < -0.39 is 29.4 Å². The molecule has 1 aromatic carbocycles. The Hall–Kier alpha value is -4.03. The topological polar surface area (TPSA) is 201 Å². The summed E-state index contributed by atoms with van der Waals surface area (Å²) in [5, 5.41) is 10.7. The Labute approximate surface area is 307 Å². The minimum Gasteiger partial charge on any atom is -0.460 e. The van der Waals surface area contributed by atoms with Crippen molar-refractivity contribution in [2.24, 2.45) is 0 Å². The zero-order valence-electron chi connectivity index (χ0n) is 31.5. The minimum atomic E-state index is -0.579. The highest BCUT2D eigenvalue weighted by Crippen LogP contribution is 2.07. The van der Waals surface area contributed by atoms with Crippen molar-refractivity contribution in [3.63, 3.8) is 0 Å². The second kappa shape index (κ2) is 26.7. The average Bonchev–Trinajstić information content (AvgIpc) is 3.05. The lowest BCUT2D eigenvalue weighted by Gasteiger charge is -2.22. The maximum Gasteiger partial charge on any atom is 0.407 e. The molecule has 0 atom stereocenters. The van der Waals surface area contributed by atoms with E-state index in [2.05, 4.69) is 21.3 Å². The fourth-order valence-corrected chi connectivity index (χ4v) is 3.89. The number of nitrogens with zero attached hydrogens (tertiary/aromatic N) is 1. The van der Waals surface area contributed by atoms with Gasteiger partial charge in [-0.25, -0.2) is 9.59 Å². The Morgan fingerprint density at radius 2 is 1.02 bits per heavy atom. The number of hydrogen-bond acceptors (Lipinski definition) is 13. The minimum absolute atomic E-state index is 0.0498. The van der Waals surface area contributed by atoms with Crippen LogP contribution in [0.5, 0.6) is 0 Å². The summed E-state index contributed by atoms with van der Waals surface area (Å²) < 4.78 is 37.1. The molecule has 0 spiro atoms. The van der Waals surface area contributed by atoms with Crippen LogP contribution in [0.2, 0.25) is 0 Å². The second-order valence-electron chi connectivity index (χ2n) is 13.3. The van der Waals surface area contributed by atoms with Gasteiger partial charge in [0.15, 0.2) is 0 Å². The molecule has 0 saturated carbocycles. The van der Waals surface area contributed by atoms with E-state index in [1.165, 1.54) is 0 Å². The number of hydrogen-bond donors (Lipinski definition) is 4. The number of esters is 1. The number of alkyl carbamates (subject to hydrolysis) is 2. The molecule has 1 aromatic rings. The molecule has 0 aliphatic heterocycles. The molecule has 17 heteroatoms. The predicted molar refractivity (Wildman–Crippen MR) is 190 cm³/mol. The Morgan fingerprint density at radius 1 is 0.577 bits per heavy atom. The maximum absolute atomic E-state index is 12.6. The SMILES string of the molecule is CC(C)(C)OC(=O)NCCOCCOCC(=O)NCCN(CCNC(=O)COCCOCCNC(=O)OC(C)(C)C)CC(=O)OCc1ccccc1. The Balaban J connectivity index is 2.30. The number of ether oxygens (including phenoxy) is 7. The highest BCUT2D eigenvalue weighted by molar-refractivity contribution is 5.77. The third-order valence-corrected chi connectivity index (χ3v) is 6.14. The van der Waals surface area contributed by atoms with Gasteiger partial charge in [-0.05, 0) is 47.1 Å². The molecule has 0 radical (unpaired) electrons. The van der Waals surface area contributed by atoms with Crippen LogP contribution >= 0.6 is 0 Å². The Morgan fingerprint density at radius 3 is 1.46 bits per heavy atom. The van der Waals surface area contributed by atoms with E-state index in [0.717, 1.165) is 5.56 Å². The van der Waals surface area contributed by atoms with Crippen molar-refractivity contribution >= 4 is 30.0 Å². The van der Waals surface area contributed by atoms with Gasteiger partial charge in [-0.15, -0.1) is 0 Å². The molecule has 0 bridgehead atoms. The number of nitrogens with one attached hydrogen (secondary N) is 4. The number of carbonyl (C=O) groups is 5. The lowest BCUT2D eigenvalue weighted by Crippen LogP contribution is -2.43. The van der Waals surface area contributed by atoms with Crippen LogP contribution in [0.4, 0.5) is 9.59 Å². The van der Waals surface area contributed by atoms with E-state index in [9.17, 15) is 24.0 Å². The molecule has 4 N–H and O–H groups in total. The second-order valence-corrected chi connectivity index (χ2v) is 13.3. The van der Waals surface area contributed by atoms with E-state index >= 15 is 0 Å². The van der Waals surface area contributed by atoms with Crippen LogP contribution in [0.3, 0.4) is 0 Å². The molecule has 0 unspecified atom stereocenters. The molecule has 17 nitrogen and oxygen atoms in total. The summed E-state index contributed by atoms with van der Waals surface area (Å²) in [5.41, 5.74) is -0.303. The maximum atomic E-state index is 12.6. The van der Waals surface area contributed by atoms with E-state index in [0.29, 0.717) is 13.1 Å². The summed E-state index contributed by atoms with van der Waals surface area (Å²) in [6, 6.07) is 9.29. The van der Waals surface area contributed by atoms with E-state index in [-0.39, 0.29) is 104 Å². The predicted octanol–water partition coefficient (Wildman–Crippen LogP) is 1.38. The first kappa shape index (κ1) is 46.0. The van der Waals surface area contributed by atoms with Gasteiger partial charge in [0.05, 0.1) is 46.2 Å². The summed E-state index contributed by atoms with van der Waals surface area (Å²) in [6.45, 7) is 13.4. The van der Waals surface area contributed by atoms with Crippen molar-refractivity contribution in [3.8, 4) is 0 Å². The van der Waals surface area contributed by atoms with Crippen molar-refractivity contribution < 1.29 is 57.1 Å². The first-order chi connectivity index (χ1) is 24.6. The van der Waals surface area contributed by atoms with Crippen molar-refractivity contribution in [1.29, 1.82) is 0 Å². The zero-order valence-corrected chi connectivity index (χ0v) is 31.5. The highest BCUT2D eigenvalue weighted by Gasteiger charge is 2.17. The van der Waals surface area contributed by atoms with Crippen LogP contribution < -0.4 is 21.3 Å². The fraction of sp³-hybridized carbons (Fsp3) is 0.686. The van der Waals surface area contributed by atoms with Crippen LogP contribution in [0.25, 0.3) is 0 Å². The monoisotopic (exact) mass is 741 g/mol. The molecule has 0 aliphatic rings. The first-order valence-electron chi connectivity index (χ1n) is 17.3. The third-order valence-electron chi connectivity index (χ3n) is 6.14. The van der Waals surface area contributed by atoms with Gasteiger partial charge in [-0.3, -0.25) is 19.3 Å². The van der Waals surface area contributed by atoms with Gasteiger partial charge in [0.1, 0.15) is 31.0 Å². The molecule has 0 heterocycles. The quantitative estimate of drug-likeness (QED) is 0.0604. The zero-order chi connectivity index (χ0) is 38.7. The van der Waals surface area contributed by atoms with Crippen LogP contribution in [0.15, 0.2) is 30.3 Å². The van der Waals surface area contributed by atoms with Gasteiger partial charge in [0, 0.05) is 39.3 Å². The van der Waals surface area contributed by atoms with Gasteiger partial charge < -0.3 is 54.4 Å². The lowest BCUT2D eigenvalue weighted by atomic mass is 10.2. The van der Waals surface area contributed by atoms with Crippen LogP contribution in [0.1, 0.15) is 47.1 Å². The van der Waals surface area contributed by atoms with E-state index in [1.54, 1.807) is 46.4 Å². The molecule has 0 saturated heterocycles. The number of benzene rings is 1. The standard InChI is InChI=1S/C35H59N5O12/c1-34(2,3)51-32(44)38-14-18-46-20-22-48-26-29(41)36-12-16-40(24-31(43)50-25-28-10-8-7-9-11-28)17-13-37-30(42)27-49-23-21-47-19-15-39-33(45)52-35(4,5)6/h7-11H,12-27H2,1-6H3,(H,36,41)(H,37,42)(H,38,44)(H,39,45). The molecule has 0 fully saturated rings. The summed E-state index contributed by atoms with van der Waals surface area (Å²) in [7, 11) is 0. The molecular weight excluding hydrogens is 682 g/mol. The molecule has 0 aromatic heterocycles. The van der Waals surface area contributed by atoms with Gasteiger partial charge >= 0.3 is 18.2 Å². The van der Waals surface area contributed by atoms with Crippen LogP contribution in [0, 0.1) is 0 Å². The van der Waals surface area contributed by atoms with E-state index in [1.807, 2.05) is 30.3 Å². The number of amides is 4. The van der Waals surface area contributed by atoms with Crippen molar-refractivity contribution in [2.75, 3.05) is 98.7 Å². The largest absolute Gasteiger partial charge is 0.460 e. The fourth-order valence-electron chi connectivity index (χ4n) is 3.89. The lowest BCUT2D eigenvalue weighted by molar-refractivity contribution is -0.146. The average molecular weight is 742 g/mol.